The van der Waals surface area contributed by atoms with Gasteiger partial charge in [-0.05, 0) is 30.3 Å². The largest absolute Gasteiger partial charge is 0.329 e. The van der Waals surface area contributed by atoms with Crippen molar-refractivity contribution in [1.82, 2.24) is 24.6 Å². The molecule has 4 aromatic rings. The highest BCUT2D eigenvalue weighted by Crippen LogP contribution is 2.31. The van der Waals surface area contributed by atoms with Crippen molar-refractivity contribution in [2.75, 3.05) is 6.54 Å². The Bertz CT molecular complexity index is 1270. The topological polar surface area (TPSA) is 63.9 Å². The first-order valence-electron chi connectivity index (χ1n) is 9.03. The third kappa shape index (κ3) is 3.09. The number of carbonyl (C=O) groups excluding carboxylic acids is 1. The number of hydrogen-bond acceptors (Lipinski definition) is 5. The molecule has 0 saturated carbocycles. The fourth-order valence-corrected chi connectivity index (χ4v) is 4.43. The Morgan fingerprint density at radius 1 is 1.10 bits per heavy atom. The molecule has 1 aliphatic rings. The van der Waals surface area contributed by atoms with Crippen LogP contribution in [0.3, 0.4) is 0 Å². The molecule has 0 atom stereocenters. The van der Waals surface area contributed by atoms with E-state index in [-0.39, 0.29) is 17.5 Å². The number of halogens is 2. The van der Waals surface area contributed by atoms with Crippen LogP contribution in [-0.4, -0.2) is 44.9 Å². The van der Waals surface area contributed by atoms with Crippen LogP contribution >= 0.6 is 11.3 Å². The van der Waals surface area contributed by atoms with Crippen molar-refractivity contribution in [3.05, 3.63) is 59.4 Å². The van der Waals surface area contributed by atoms with Gasteiger partial charge < -0.3 is 9.47 Å². The van der Waals surface area contributed by atoms with Crippen LogP contribution in [0.4, 0.5) is 8.78 Å². The number of carbonyl (C=O) groups is 1. The van der Waals surface area contributed by atoms with Gasteiger partial charge in [-0.1, -0.05) is 11.5 Å². The van der Waals surface area contributed by atoms with E-state index in [4.69, 9.17) is 0 Å². The molecule has 2 aromatic carbocycles. The number of fused-ring (bicyclic) bond motifs is 2. The molecular weight excluding hydrogens is 395 g/mol. The lowest BCUT2D eigenvalue weighted by molar-refractivity contribution is 0.0708. The molecule has 29 heavy (non-hydrogen) atoms. The van der Waals surface area contributed by atoms with E-state index in [1.807, 2.05) is 4.57 Å². The molecule has 1 aliphatic heterocycles. The Balaban J connectivity index is 1.42. The second-order valence-corrected chi connectivity index (χ2v) is 7.94. The lowest BCUT2D eigenvalue weighted by Gasteiger charge is -2.27. The summed E-state index contributed by atoms with van der Waals surface area (Å²) in [5, 5.41) is 9.15. The summed E-state index contributed by atoms with van der Waals surface area (Å²) < 4.78 is 29.6. The van der Waals surface area contributed by atoms with Crippen molar-refractivity contribution in [1.29, 1.82) is 0 Å². The zero-order valence-electron chi connectivity index (χ0n) is 15.4. The van der Waals surface area contributed by atoms with Crippen LogP contribution in [0.2, 0.25) is 0 Å². The lowest BCUT2D eigenvalue weighted by Crippen LogP contribution is -2.38. The highest BCUT2D eigenvalue weighted by molar-refractivity contribution is 7.21. The first-order chi connectivity index (χ1) is 14.0. The molecule has 0 radical (unpaired) electrons. The maximum Gasteiger partial charge on any atom is 0.254 e. The smallest absolute Gasteiger partial charge is 0.254 e. The summed E-state index contributed by atoms with van der Waals surface area (Å²) in [5.41, 5.74) is 1.60. The van der Waals surface area contributed by atoms with E-state index in [0.717, 1.165) is 4.70 Å². The molecule has 0 aliphatic carbocycles. The van der Waals surface area contributed by atoms with Crippen LogP contribution in [0.25, 0.3) is 21.0 Å². The third-order valence-electron chi connectivity index (χ3n) is 4.99. The predicted octanol–water partition coefficient (Wildman–Crippen LogP) is 1.75. The third-order valence-corrected chi connectivity index (χ3v) is 6.00. The number of nitrogens with zero attached hydrogens (tertiary/aromatic N) is 5. The van der Waals surface area contributed by atoms with Gasteiger partial charge in [0, 0.05) is 18.7 Å². The normalized spacial score (nSPS) is 13.7. The van der Waals surface area contributed by atoms with Gasteiger partial charge in [-0.25, -0.2) is 13.8 Å². The molecule has 144 valence electrons. The Morgan fingerprint density at radius 3 is 2.79 bits per heavy atom. The molecule has 0 N–H and O–H groups in total. The summed E-state index contributed by atoms with van der Waals surface area (Å²) in [6.45, 7) is 1.31. The second kappa shape index (κ2) is 6.73. The monoisotopic (exact) mass is 409 g/mol. The molecule has 0 unspecified atom stereocenters. The maximum atomic E-state index is 13.5. The van der Waals surface area contributed by atoms with E-state index >= 15 is 0 Å². The molecule has 3 heterocycles. The van der Waals surface area contributed by atoms with Crippen LogP contribution in [0.15, 0.2) is 36.4 Å². The Morgan fingerprint density at radius 2 is 1.97 bits per heavy atom. The second-order valence-electron chi connectivity index (χ2n) is 6.91. The van der Waals surface area contributed by atoms with Crippen LogP contribution < -0.4 is 5.46 Å². The molecule has 5 rings (SSSR count). The van der Waals surface area contributed by atoms with Crippen molar-refractivity contribution in [3.8, 4) is 10.8 Å². The minimum atomic E-state index is -0.333. The van der Waals surface area contributed by atoms with E-state index in [0.29, 0.717) is 52.8 Å². The van der Waals surface area contributed by atoms with E-state index in [9.17, 15) is 13.6 Å². The van der Waals surface area contributed by atoms with Gasteiger partial charge in [-0.2, -0.15) is 0 Å². The molecule has 6 nitrogen and oxygen atoms in total. The van der Waals surface area contributed by atoms with Gasteiger partial charge in [-0.3, -0.25) is 4.79 Å². The van der Waals surface area contributed by atoms with E-state index in [1.165, 1.54) is 35.6 Å². The molecule has 2 aromatic heterocycles. The van der Waals surface area contributed by atoms with Gasteiger partial charge in [0.15, 0.2) is 16.7 Å². The first kappa shape index (κ1) is 17.9. The molecule has 0 bridgehead atoms. The van der Waals surface area contributed by atoms with Crippen molar-refractivity contribution in [2.45, 2.75) is 13.1 Å². The summed E-state index contributed by atoms with van der Waals surface area (Å²) in [4.78, 5) is 19.0. The summed E-state index contributed by atoms with van der Waals surface area (Å²) in [6.07, 6.45) is 0. The Kier molecular flexibility index (Phi) is 4.16. The zero-order valence-corrected chi connectivity index (χ0v) is 16.2. The van der Waals surface area contributed by atoms with E-state index < -0.39 is 0 Å². The van der Waals surface area contributed by atoms with Gasteiger partial charge in [-0.15, -0.1) is 21.5 Å². The fourth-order valence-electron chi connectivity index (χ4n) is 3.44. The van der Waals surface area contributed by atoms with Crippen LogP contribution in [0.1, 0.15) is 16.2 Å². The first-order valence-corrected chi connectivity index (χ1v) is 9.85. The quantitative estimate of drug-likeness (QED) is 0.474. The SMILES string of the molecule is Bc1cc(C(=O)N2CCn3c(nnc3-c3nc4ccc(F)cc4s3)C2)ccc1F. The van der Waals surface area contributed by atoms with Gasteiger partial charge in [0.25, 0.3) is 5.91 Å². The molecule has 0 saturated heterocycles. The van der Waals surface area contributed by atoms with Crippen molar-refractivity contribution in [3.63, 3.8) is 0 Å². The van der Waals surface area contributed by atoms with Crippen LogP contribution in [0, 0.1) is 11.6 Å². The number of benzene rings is 2. The van der Waals surface area contributed by atoms with Crippen molar-refractivity contribution in [2.24, 2.45) is 0 Å². The number of thiazole rings is 1. The average Bonchev–Trinajstić information content (AvgIpc) is 3.32. The van der Waals surface area contributed by atoms with Crippen LogP contribution in [0.5, 0.6) is 0 Å². The van der Waals surface area contributed by atoms with Crippen molar-refractivity contribution < 1.29 is 13.6 Å². The minimum absolute atomic E-state index is 0.167. The van der Waals surface area contributed by atoms with E-state index in [2.05, 4.69) is 15.2 Å². The van der Waals surface area contributed by atoms with E-state index in [1.54, 1.807) is 24.9 Å². The Hall–Kier alpha value is -3.14. The average molecular weight is 409 g/mol. The lowest BCUT2D eigenvalue weighted by atomic mass is 9.93. The molecule has 1 amide bonds. The fraction of sp³-hybridized carbons (Fsp3) is 0.158. The molecule has 0 spiro atoms. The van der Waals surface area contributed by atoms with Gasteiger partial charge in [0.2, 0.25) is 0 Å². The highest BCUT2D eigenvalue weighted by atomic mass is 32.1. The predicted molar refractivity (Wildman–Crippen MR) is 108 cm³/mol. The number of aromatic nitrogens is 4. The Labute approximate surface area is 169 Å². The standard InChI is InChI=1S/C19H14BF2N5OS/c20-12-7-10(1-3-13(12)22)19(28)26-5-6-27-16(9-26)24-25-17(27)18-23-14-4-2-11(21)8-15(14)29-18/h1-4,7-8H,5-6,9,20H2. The molecular formula is C19H14BF2N5OS. The van der Waals surface area contributed by atoms with Gasteiger partial charge >= 0.3 is 0 Å². The number of hydrogen-bond donors (Lipinski definition) is 0. The van der Waals surface area contributed by atoms with Gasteiger partial charge in [0.05, 0.1) is 16.8 Å². The summed E-state index contributed by atoms with van der Waals surface area (Å²) >= 11 is 1.36. The van der Waals surface area contributed by atoms with Crippen LogP contribution in [-0.2, 0) is 13.1 Å². The highest BCUT2D eigenvalue weighted by Gasteiger charge is 2.27. The summed E-state index contributed by atoms with van der Waals surface area (Å²) in [7, 11) is 1.63. The number of amides is 1. The number of rotatable bonds is 2. The summed E-state index contributed by atoms with van der Waals surface area (Å²) in [5.74, 6) is 0.469. The maximum absolute atomic E-state index is 13.5. The van der Waals surface area contributed by atoms with Crippen molar-refractivity contribution >= 4 is 40.8 Å². The minimum Gasteiger partial charge on any atom is -0.329 e. The zero-order chi connectivity index (χ0) is 20.1. The summed E-state index contributed by atoms with van der Waals surface area (Å²) in [6, 6.07) is 8.84. The molecule has 10 heteroatoms. The van der Waals surface area contributed by atoms with Gasteiger partial charge in [0.1, 0.15) is 19.5 Å². The molecule has 0 fully saturated rings.